The lowest BCUT2D eigenvalue weighted by Crippen LogP contribution is -2.17. The smallest absolute Gasteiger partial charge is 0.329 e. The molecule has 1 aromatic heterocycles. The van der Waals surface area contributed by atoms with E-state index in [0.717, 1.165) is 0 Å². The molecule has 1 aliphatic rings. The molecule has 84 valence electrons. The minimum Gasteiger partial charge on any atom is -0.504 e. The van der Waals surface area contributed by atoms with Crippen LogP contribution in [0.25, 0.3) is 0 Å². The van der Waals surface area contributed by atoms with Crippen LogP contribution in [0.2, 0.25) is 0 Å². The fraction of sp³-hybridized carbons (Fsp3) is 0.222. The Kier molecular flexibility index (Phi) is 2.95. The summed E-state index contributed by atoms with van der Waals surface area (Å²) in [6.45, 7) is 0. The van der Waals surface area contributed by atoms with Crippen LogP contribution in [0, 0.1) is 0 Å². The number of amidine groups is 1. The average molecular weight is 239 g/mol. The summed E-state index contributed by atoms with van der Waals surface area (Å²) in [4.78, 5) is 18.4. The van der Waals surface area contributed by atoms with Gasteiger partial charge in [0.05, 0.1) is 11.9 Å². The molecule has 0 amide bonds. The Morgan fingerprint density at radius 2 is 2.44 bits per heavy atom. The Hall–Kier alpha value is -1.76. The number of hydrogen-bond donors (Lipinski definition) is 3. The summed E-state index contributed by atoms with van der Waals surface area (Å²) in [5.41, 5.74) is 0.465. The number of carboxylic acid groups (broad SMARTS) is 1. The number of aromatic hydroxyl groups is 1. The van der Waals surface area contributed by atoms with E-state index in [1.807, 2.05) is 0 Å². The van der Waals surface area contributed by atoms with Gasteiger partial charge in [-0.15, -0.1) is 0 Å². The lowest BCUT2D eigenvalue weighted by molar-refractivity contribution is -0.137. The number of rotatable bonds is 2. The molecule has 0 bridgehead atoms. The molecule has 1 unspecified atom stereocenters. The number of hydrogen-bond acceptors (Lipinski definition) is 6. The van der Waals surface area contributed by atoms with Gasteiger partial charge in [0.15, 0.2) is 17.0 Å². The van der Waals surface area contributed by atoms with Crippen LogP contribution in [0.4, 0.5) is 5.69 Å². The molecule has 1 atom stereocenters. The Morgan fingerprint density at radius 1 is 1.62 bits per heavy atom. The summed E-state index contributed by atoms with van der Waals surface area (Å²) in [6, 6.07) is 0.878. The van der Waals surface area contributed by atoms with Crippen molar-refractivity contribution in [2.24, 2.45) is 4.99 Å². The van der Waals surface area contributed by atoms with E-state index in [1.54, 1.807) is 6.07 Å². The second kappa shape index (κ2) is 4.40. The monoisotopic (exact) mass is 239 g/mol. The maximum Gasteiger partial charge on any atom is 0.329 e. The molecule has 0 spiro atoms. The minimum atomic E-state index is -0.941. The molecule has 3 N–H and O–H groups in total. The van der Waals surface area contributed by atoms with Crippen LogP contribution in [0.3, 0.4) is 0 Å². The average Bonchev–Trinajstić information content (AvgIpc) is 2.70. The molecule has 2 rings (SSSR count). The van der Waals surface area contributed by atoms with Crippen LogP contribution in [0.1, 0.15) is 0 Å². The highest BCUT2D eigenvalue weighted by Crippen LogP contribution is 2.25. The normalized spacial score (nSPS) is 19.2. The molecule has 0 saturated heterocycles. The van der Waals surface area contributed by atoms with Crippen LogP contribution in [-0.4, -0.2) is 38.1 Å². The first-order chi connectivity index (χ1) is 7.66. The number of pyridine rings is 1. The van der Waals surface area contributed by atoms with Gasteiger partial charge in [0, 0.05) is 11.9 Å². The molecular formula is C9H9N3O3S. The van der Waals surface area contributed by atoms with Gasteiger partial charge in [0.25, 0.3) is 0 Å². The fourth-order valence-electron chi connectivity index (χ4n) is 1.18. The molecule has 0 aromatic carbocycles. The standard InChI is InChI=1S/C9H9N3O3S/c13-7-3-10-2-1-5(7)11-9-12-6(4-16-9)8(14)15/h1-3,6,13H,4H2,(H,14,15)(H,10,11,12). The highest BCUT2D eigenvalue weighted by atomic mass is 32.2. The molecule has 6 nitrogen and oxygen atoms in total. The lowest BCUT2D eigenvalue weighted by Gasteiger charge is -2.05. The van der Waals surface area contributed by atoms with Crippen molar-refractivity contribution >= 4 is 28.6 Å². The third kappa shape index (κ3) is 2.25. The number of anilines is 1. The summed E-state index contributed by atoms with van der Waals surface area (Å²) in [5, 5.41) is 21.5. The number of carboxylic acids is 1. The Bertz CT molecular complexity index is 449. The van der Waals surface area contributed by atoms with E-state index in [9.17, 15) is 9.90 Å². The van der Waals surface area contributed by atoms with E-state index >= 15 is 0 Å². The number of thioether (sulfide) groups is 1. The summed E-state index contributed by atoms with van der Waals surface area (Å²) in [6.07, 6.45) is 2.83. The number of aliphatic imine (C=N–C) groups is 1. The maximum absolute atomic E-state index is 10.7. The van der Waals surface area contributed by atoms with E-state index in [4.69, 9.17) is 5.11 Å². The van der Waals surface area contributed by atoms with Gasteiger partial charge in [-0.25, -0.2) is 9.79 Å². The first-order valence-corrected chi connectivity index (χ1v) is 5.49. The van der Waals surface area contributed by atoms with Crippen molar-refractivity contribution in [2.45, 2.75) is 6.04 Å². The van der Waals surface area contributed by atoms with Gasteiger partial charge < -0.3 is 15.5 Å². The van der Waals surface area contributed by atoms with Gasteiger partial charge >= 0.3 is 5.97 Å². The van der Waals surface area contributed by atoms with E-state index in [0.29, 0.717) is 16.6 Å². The van der Waals surface area contributed by atoms with Gasteiger partial charge in [-0.05, 0) is 6.07 Å². The molecule has 0 aliphatic carbocycles. The largest absolute Gasteiger partial charge is 0.504 e. The van der Waals surface area contributed by atoms with Crippen molar-refractivity contribution in [1.82, 2.24) is 4.98 Å². The highest BCUT2D eigenvalue weighted by molar-refractivity contribution is 8.14. The molecule has 1 aromatic rings. The molecule has 7 heteroatoms. The summed E-state index contributed by atoms with van der Waals surface area (Å²) >= 11 is 1.31. The molecule has 0 radical (unpaired) electrons. The van der Waals surface area contributed by atoms with Crippen molar-refractivity contribution in [3.05, 3.63) is 18.5 Å². The topological polar surface area (TPSA) is 94.8 Å². The molecule has 2 heterocycles. The molecule has 0 fully saturated rings. The van der Waals surface area contributed by atoms with E-state index in [-0.39, 0.29) is 5.75 Å². The number of aliphatic carboxylic acids is 1. The van der Waals surface area contributed by atoms with Crippen molar-refractivity contribution in [3.63, 3.8) is 0 Å². The predicted molar refractivity (Wildman–Crippen MR) is 60.8 cm³/mol. The minimum absolute atomic E-state index is 0.00424. The number of carbonyl (C=O) groups is 1. The van der Waals surface area contributed by atoms with E-state index < -0.39 is 12.0 Å². The van der Waals surface area contributed by atoms with Crippen LogP contribution in [-0.2, 0) is 4.79 Å². The zero-order chi connectivity index (χ0) is 11.5. The van der Waals surface area contributed by atoms with Gasteiger partial charge in [-0.3, -0.25) is 4.98 Å². The quantitative estimate of drug-likeness (QED) is 0.705. The van der Waals surface area contributed by atoms with Crippen molar-refractivity contribution in [2.75, 3.05) is 11.1 Å². The van der Waals surface area contributed by atoms with Gasteiger partial charge in [-0.2, -0.15) is 0 Å². The third-order valence-electron chi connectivity index (χ3n) is 1.98. The van der Waals surface area contributed by atoms with Crippen molar-refractivity contribution in [3.8, 4) is 5.75 Å². The van der Waals surface area contributed by atoms with Crippen LogP contribution < -0.4 is 5.32 Å². The van der Waals surface area contributed by atoms with Gasteiger partial charge in [-0.1, -0.05) is 11.8 Å². The first-order valence-electron chi connectivity index (χ1n) is 4.50. The second-order valence-corrected chi connectivity index (χ2v) is 4.13. The van der Waals surface area contributed by atoms with Crippen molar-refractivity contribution in [1.29, 1.82) is 0 Å². The van der Waals surface area contributed by atoms with Gasteiger partial charge in [0.2, 0.25) is 0 Å². The summed E-state index contributed by atoms with van der Waals surface area (Å²) < 4.78 is 0. The third-order valence-corrected chi connectivity index (χ3v) is 2.94. The SMILES string of the molecule is O=C(O)C1CSC(Nc2ccncc2O)=N1. The Labute approximate surface area is 95.4 Å². The molecule has 16 heavy (non-hydrogen) atoms. The van der Waals surface area contributed by atoms with Crippen LogP contribution in [0.15, 0.2) is 23.5 Å². The zero-order valence-corrected chi connectivity index (χ0v) is 8.94. The van der Waals surface area contributed by atoms with Crippen LogP contribution >= 0.6 is 11.8 Å². The molecule has 1 aliphatic heterocycles. The molecular weight excluding hydrogens is 230 g/mol. The highest BCUT2D eigenvalue weighted by Gasteiger charge is 2.24. The van der Waals surface area contributed by atoms with E-state index in [1.165, 1.54) is 24.2 Å². The zero-order valence-electron chi connectivity index (χ0n) is 8.12. The summed E-state index contributed by atoms with van der Waals surface area (Å²) in [5.74, 6) is -0.531. The fourth-order valence-corrected chi connectivity index (χ4v) is 2.09. The van der Waals surface area contributed by atoms with Crippen LogP contribution in [0.5, 0.6) is 5.75 Å². The van der Waals surface area contributed by atoms with E-state index in [2.05, 4.69) is 15.3 Å². The molecule has 0 saturated carbocycles. The number of aromatic nitrogens is 1. The summed E-state index contributed by atoms with van der Waals surface area (Å²) in [7, 11) is 0. The lowest BCUT2D eigenvalue weighted by atomic mass is 10.4. The van der Waals surface area contributed by atoms with Gasteiger partial charge in [0.1, 0.15) is 0 Å². The number of nitrogens with zero attached hydrogens (tertiary/aromatic N) is 2. The Morgan fingerprint density at radius 3 is 3.06 bits per heavy atom. The second-order valence-electron chi connectivity index (χ2n) is 3.12. The van der Waals surface area contributed by atoms with Crippen molar-refractivity contribution < 1.29 is 15.0 Å². The maximum atomic E-state index is 10.7. The Balaban J connectivity index is 2.09. The predicted octanol–water partition coefficient (Wildman–Crippen LogP) is 0.755. The first kappa shape index (κ1) is 10.7. The number of nitrogens with one attached hydrogen (secondary N) is 1.